The van der Waals surface area contributed by atoms with Gasteiger partial charge in [0.05, 0.1) is 6.61 Å². The SMILES string of the molecule is CCOC(=O)NC(=S)Nc1cccc(C(C)=O)c1. The predicted molar refractivity (Wildman–Crippen MR) is 72.8 cm³/mol. The first-order valence-corrected chi connectivity index (χ1v) is 5.79. The van der Waals surface area contributed by atoms with E-state index < -0.39 is 6.09 Å². The molecule has 5 nitrogen and oxygen atoms in total. The number of ether oxygens (including phenoxy) is 1. The minimum atomic E-state index is -0.613. The Bertz CT molecular complexity index is 474. The molecule has 0 aromatic heterocycles. The molecule has 0 spiro atoms. The van der Waals surface area contributed by atoms with E-state index in [4.69, 9.17) is 12.2 Å². The summed E-state index contributed by atoms with van der Waals surface area (Å²) in [5.74, 6) is -0.0390. The summed E-state index contributed by atoms with van der Waals surface area (Å²) < 4.78 is 4.68. The smallest absolute Gasteiger partial charge is 0.413 e. The number of anilines is 1. The lowest BCUT2D eigenvalue weighted by Gasteiger charge is -2.09. The first kappa shape index (κ1) is 14.1. The monoisotopic (exact) mass is 266 g/mol. The number of carbonyl (C=O) groups excluding carboxylic acids is 2. The lowest BCUT2D eigenvalue weighted by molar-refractivity contribution is 0.101. The average Bonchev–Trinajstić information content (AvgIpc) is 2.29. The van der Waals surface area contributed by atoms with Crippen molar-refractivity contribution >= 4 is 34.9 Å². The van der Waals surface area contributed by atoms with Crippen molar-refractivity contribution in [1.29, 1.82) is 0 Å². The van der Waals surface area contributed by atoms with E-state index in [1.807, 2.05) is 0 Å². The molecule has 96 valence electrons. The van der Waals surface area contributed by atoms with Crippen molar-refractivity contribution in [1.82, 2.24) is 5.32 Å². The third-order valence-corrected chi connectivity index (χ3v) is 2.22. The van der Waals surface area contributed by atoms with E-state index in [1.165, 1.54) is 6.92 Å². The molecule has 0 atom stereocenters. The van der Waals surface area contributed by atoms with Gasteiger partial charge in [-0.15, -0.1) is 0 Å². The van der Waals surface area contributed by atoms with Gasteiger partial charge in [0.15, 0.2) is 10.9 Å². The van der Waals surface area contributed by atoms with Crippen LogP contribution in [0.2, 0.25) is 0 Å². The molecule has 18 heavy (non-hydrogen) atoms. The molecule has 6 heteroatoms. The second-order valence-electron chi connectivity index (χ2n) is 3.44. The predicted octanol–water partition coefficient (Wildman–Crippen LogP) is 2.33. The van der Waals surface area contributed by atoms with Crippen molar-refractivity contribution in [3.8, 4) is 0 Å². The zero-order valence-electron chi connectivity index (χ0n) is 10.1. The third kappa shape index (κ3) is 4.50. The van der Waals surface area contributed by atoms with Crippen molar-refractivity contribution in [3.63, 3.8) is 0 Å². The van der Waals surface area contributed by atoms with Crippen LogP contribution in [0.3, 0.4) is 0 Å². The third-order valence-electron chi connectivity index (χ3n) is 2.02. The van der Waals surface area contributed by atoms with Crippen LogP contribution in [0.25, 0.3) is 0 Å². The Balaban J connectivity index is 2.62. The highest BCUT2D eigenvalue weighted by Gasteiger charge is 2.05. The number of alkyl carbamates (subject to hydrolysis) is 1. The Morgan fingerprint density at radius 1 is 1.39 bits per heavy atom. The number of carbonyl (C=O) groups is 2. The maximum absolute atomic E-state index is 11.2. The molecule has 0 aliphatic heterocycles. The van der Waals surface area contributed by atoms with Crippen molar-refractivity contribution < 1.29 is 14.3 Å². The molecule has 0 saturated carbocycles. The minimum absolute atomic E-state index is 0.0390. The lowest BCUT2D eigenvalue weighted by Crippen LogP contribution is -2.34. The molecule has 1 aromatic rings. The molecule has 0 bridgehead atoms. The summed E-state index contributed by atoms with van der Waals surface area (Å²) in [6.45, 7) is 3.45. The molecule has 2 N–H and O–H groups in total. The zero-order valence-corrected chi connectivity index (χ0v) is 11.0. The molecular weight excluding hydrogens is 252 g/mol. The Kier molecular flexibility index (Phi) is 5.26. The second-order valence-corrected chi connectivity index (χ2v) is 3.84. The molecule has 0 saturated heterocycles. The molecule has 1 rings (SSSR count). The van der Waals surface area contributed by atoms with Crippen molar-refractivity contribution in [2.75, 3.05) is 11.9 Å². The van der Waals surface area contributed by atoms with Crippen molar-refractivity contribution in [2.45, 2.75) is 13.8 Å². The number of ketones is 1. The summed E-state index contributed by atoms with van der Waals surface area (Å²) in [7, 11) is 0. The van der Waals surface area contributed by atoms with Crippen molar-refractivity contribution in [3.05, 3.63) is 29.8 Å². The number of Topliss-reactive ketones (excluding diaryl/α,β-unsaturated/α-hetero) is 1. The van der Waals surface area contributed by atoms with Crippen LogP contribution in [0.15, 0.2) is 24.3 Å². The molecule has 0 aliphatic rings. The minimum Gasteiger partial charge on any atom is -0.450 e. The summed E-state index contributed by atoms with van der Waals surface area (Å²) in [6.07, 6.45) is -0.613. The molecule has 1 aromatic carbocycles. The quantitative estimate of drug-likeness (QED) is 0.649. The number of thiocarbonyl (C=S) groups is 1. The molecule has 1 amide bonds. The van der Waals surface area contributed by atoms with Crippen LogP contribution in [0.4, 0.5) is 10.5 Å². The van der Waals surface area contributed by atoms with Crippen LogP contribution in [0.5, 0.6) is 0 Å². The van der Waals surface area contributed by atoms with Gasteiger partial charge in [0.25, 0.3) is 0 Å². The van der Waals surface area contributed by atoms with Crippen LogP contribution >= 0.6 is 12.2 Å². The number of benzene rings is 1. The normalized spacial score (nSPS) is 9.44. The van der Waals surface area contributed by atoms with Gasteiger partial charge in [-0.2, -0.15) is 0 Å². The maximum atomic E-state index is 11.2. The molecule has 0 aliphatic carbocycles. The number of amides is 1. The standard InChI is InChI=1S/C12H14N2O3S/c1-3-17-12(16)14-11(18)13-10-6-4-5-9(7-10)8(2)15/h4-7H,3H2,1-2H3,(H2,13,14,16,18). The average molecular weight is 266 g/mol. The van der Waals surface area contributed by atoms with Gasteiger partial charge in [0.1, 0.15) is 0 Å². The first-order chi connectivity index (χ1) is 8.52. The molecule has 0 unspecified atom stereocenters. The highest BCUT2D eigenvalue weighted by molar-refractivity contribution is 7.80. The second kappa shape index (κ2) is 6.70. The van der Waals surface area contributed by atoms with E-state index in [9.17, 15) is 9.59 Å². The maximum Gasteiger partial charge on any atom is 0.413 e. The van der Waals surface area contributed by atoms with E-state index in [0.717, 1.165) is 0 Å². The van der Waals surface area contributed by atoms with Crippen LogP contribution in [0.1, 0.15) is 24.2 Å². The highest BCUT2D eigenvalue weighted by Crippen LogP contribution is 2.10. The van der Waals surface area contributed by atoms with Gasteiger partial charge in [-0.3, -0.25) is 10.1 Å². The van der Waals surface area contributed by atoms with Gasteiger partial charge >= 0.3 is 6.09 Å². The fourth-order valence-electron chi connectivity index (χ4n) is 1.24. The van der Waals surface area contributed by atoms with Gasteiger partial charge < -0.3 is 10.1 Å². The van der Waals surface area contributed by atoms with E-state index in [1.54, 1.807) is 31.2 Å². The fraction of sp³-hybridized carbons (Fsp3) is 0.250. The van der Waals surface area contributed by atoms with Crippen LogP contribution < -0.4 is 10.6 Å². The van der Waals surface area contributed by atoms with Gasteiger partial charge in [-0.05, 0) is 38.2 Å². The summed E-state index contributed by atoms with van der Waals surface area (Å²) in [5.41, 5.74) is 1.20. The summed E-state index contributed by atoms with van der Waals surface area (Å²) in [5, 5.41) is 5.27. The summed E-state index contributed by atoms with van der Waals surface area (Å²) in [6, 6.07) is 6.83. The van der Waals surface area contributed by atoms with E-state index >= 15 is 0 Å². The fourth-order valence-corrected chi connectivity index (χ4v) is 1.44. The van der Waals surface area contributed by atoms with Crippen LogP contribution in [-0.2, 0) is 4.74 Å². The van der Waals surface area contributed by atoms with Crippen LogP contribution in [0, 0.1) is 0 Å². The number of hydrogen-bond acceptors (Lipinski definition) is 4. The Morgan fingerprint density at radius 2 is 2.11 bits per heavy atom. The number of rotatable bonds is 3. The Morgan fingerprint density at radius 3 is 2.72 bits per heavy atom. The lowest BCUT2D eigenvalue weighted by atomic mass is 10.1. The van der Waals surface area contributed by atoms with Crippen molar-refractivity contribution in [2.24, 2.45) is 0 Å². The molecular formula is C12H14N2O3S. The molecule has 0 heterocycles. The van der Waals surface area contributed by atoms with Crippen LogP contribution in [-0.4, -0.2) is 23.6 Å². The summed E-state index contributed by atoms with van der Waals surface area (Å²) >= 11 is 4.93. The topological polar surface area (TPSA) is 67.4 Å². The van der Waals surface area contributed by atoms with Gasteiger partial charge in [0.2, 0.25) is 0 Å². The van der Waals surface area contributed by atoms with Gasteiger partial charge in [-0.1, -0.05) is 12.1 Å². The van der Waals surface area contributed by atoms with E-state index in [0.29, 0.717) is 11.3 Å². The van der Waals surface area contributed by atoms with E-state index in [-0.39, 0.29) is 17.5 Å². The zero-order chi connectivity index (χ0) is 13.5. The Hall–Kier alpha value is -1.95. The number of nitrogens with one attached hydrogen (secondary N) is 2. The number of hydrogen-bond donors (Lipinski definition) is 2. The van der Waals surface area contributed by atoms with Gasteiger partial charge in [0, 0.05) is 11.3 Å². The molecule has 0 fully saturated rings. The first-order valence-electron chi connectivity index (χ1n) is 5.38. The van der Waals surface area contributed by atoms with Gasteiger partial charge in [-0.25, -0.2) is 4.79 Å². The largest absolute Gasteiger partial charge is 0.450 e. The Labute approximate surface area is 111 Å². The van der Waals surface area contributed by atoms with E-state index in [2.05, 4.69) is 15.4 Å². The summed E-state index contributed by atoms with van der Waals surface area (Å²) in [4.78, 5) is 22.3. The highest BCUT2D eigenvalue weighted by atomic mass is 32.1. The molecule has 0 radical (unpaired) electrons.